The van der Waals surface area contributed by atoms with Crippen LogP contribution in [-0.2, 0) is 24.3 Å². The maximum atomic E-state index is 6.08. The average molecular weight is 268 g/mol. The summed E-state index contributed by atoms with van der Waals surface area (Å²) in [5.41, 5.74) is 10.4. The Hall–Kier alpha value is -1.71. The Morgan fingerprint density at radius 2 is 2.10 bits per heavy atom. The number of benzene rings is 1. The van der Waals surface area contributed by atoms with Gasteiger partial charge in [0.05, 0.1) is 18.4 Å². The second-order valence-electron chi connectivity index (χ2n) is 5.25. The van der Waals surface area contributed by atoms with Crippen molar-refractivity contribution in [3.8, 4) is 0 Å². The normalized spacial score (nSPS) is 17.8. The van der Waals surface area contributed by atoms with E-state index < -0.39 is 0 Å². The van der Waals surface area contributed by atoms with Crippen LogP contribution in [-0.4, -0.2) is 4.98 Å². The Morgan fingerprint density at radius 1 is 1.20 bits per heavy atom. The van der Waals surface area contributed by atoms with Crippen LogP contribution in [0, 0.1) is 0 Å². The molecule has 1 aromatic heterocycles. The third kappa shape index (κ3) is 2.89. The smallest absolute Gasteiger partial charge is 0.0896 e. The molecule has 0 aliphatic heterocycles. The Kier molecular flexibility index (Phi) is 4.09. The summed E-state index contributed by atoms with van der Waals surface area (Å²) in [7, 11) is 0. The number of aryl methyl sites for hydroxylation is 1. The van der Waals surface area contributed by atoms with E-state index >= 15 is 0 Å². The molecule has 1 aromatic carbocycles. The quantitative estimate of drug-likeness (QED) is 0.926. The number of nitrogens with zero attached hydrogens (tertiary/aromatic N) is 1. The fourth-order valence-electron chi connectivity index (χ4n) is 2.73. The first-order valence-corrected chi connectivity index (χ1v) is 7.20. The maximum Gasteiger partial charge on any atom is 0.0896 e. The summed E-state index contributed by atoms with van der Waals surface area (Å²) in [5.74, 6) is 0. The average Bonchev–Trinajstić information content (AvgIpc) is 2.53. The van der Waals surface area contributed by atoms with E-state index in [0.717, 1.165) is 17.7 Å². The number of nitrogens with two attached hydrogens (primary N) is 1. The molecule has 3 rings (SSSR count). The van der Waals surface area contributed by atoms with Gasteiger partial charge in [0.15, 0.2) is 0 Å². The standard InChI is InChI=1S/C17H20N2O/c18-10-13-8-9-15(19-11-13)12-20-17-7-3-5-14-4-1-2-6-16(14)17/h1-2,4,6,8-9,11,17H,3,5,7,10,12,18H2. The van der Waals surface area contributed by atoms with E-state index in [1.807, 2.05) is 18.3 Å². The lowest BCUT2D eigenvalue weighted by Gasteiger charge is -2.25. The van der Waals surface area contributed by atoms with Gasteiger partial charge in [0.2, 0.25) is 0 Å². The second kappa shape index (κ2) is 6.16. The minimum atomic E-state index is 0.205. The fourth-order valence-corrected chi connectivity index (χ4v) is 2.73. The summed E-state index contributed by atoms with van der Waals surface area (Å²) >= 11 is 0. The highest BCUT2D eigenvalue weighted by atomic mass is 16.5. The van der Waals surface area contributed by atoms with Gasteiger partial charge >= 0.3 is 0 Å². The molecule has 1 atom stereocenters. The molecule has 1 unspecified atom stereocenters. The van der Waals surface area contributed by atoms with Gasteiger partial charge in [-0.2, -0.15) is 0 Å². The highest BCUT2D eigenvalue weighted by Crippen LogP contribution is 2.32. The SMILES string of the molecule is NCc1ccc(COC2CCCc3ccccc32)nc1. The molecule has 0 saturated heterocycles. The lowest BCUT2D eigenvalue weighted by atomic mass is 9.89. The van der Waals surface area contributed by atoms with Crippen molar-refractivity contribution in [2.45, 2.75) is 38.5 Å². The van der Waals surface area contributed by atoms with Crippen molar-refractivity contribution in [2.75, 3.05) is 0 Å². The first kappa shape index (κ1) is 13.3. The van der Waals surface area contributed by atoms with Gasteiger partial charge in [-0.3, -0.25) is 4.98 Å². The summed E-state index contributed by atoms with van der Waals surface area (Å²) in [5, 5.41) is 0. The van der Waals surface area contributed by atoms with Gasteiger partial charge < -0.3 is 10.5 Å². The van der Waals surface area contributed by atoms with Crippen molar-refractivity contribution in [1.29, 1.82) is 0 Å². The molecule has 2 N–H and O–H groups in total. The minimum absolute atomic E-state index is 0.205. The van der Waals surface area contributed by atoms with Crippen molar-refractivity contribution >= 4 is 0 Å². The Balaban J connectivity index is 1.66. The van der Waals surface area contributed by atoms with Gasteiger partial charge in [-0.15, -0.1) is 0 Å². The van der Waals surface area contributed by atoms with E-state index in [0.29, 0.717) is 13.2 Å². The molecule has 0 fully saturated rings. The summed E-state index contributed by atoms with van der Waals surface area (Å²) in [4.78, 5) is 4.38. The molecule has 0 amide bonds. The molecule has 0 saturated carbocycles. The Bertz CT molecular complexity index is 565. The molecule has 2 aromatic rings. The van der Waals surface area contributed by atoms with E-state index in [-0.39, 0.29) is 6.10 Å². The zero-order chi connectivity index (χ0) is 13.8. The van der Waals surface area contributed by atoms with Crippen LogP contribution in [0.15, 0.2) is 42.6 Å². The van der Waals surface area contributed by atoms with Crippen LogP contribution in [0.1, 0.15) is 41.3 Å². The molecule has 0 radical (unpaired) electrons. The number of hydrogen-bond donors (Lipinski definition) is 1. The number of ether oxygens (including phenoxy) is 1. The Morgan fingerprint density at radius 3 is 2.90 bits per heavy atom. The number of hydrogen-bond acceptors (Lipinski definition) is 3. The van der Waals surface area contributed by atoms with Crippen LogP contribution < -0.4 is 5.73 Å². The first-order valence-electron chi connectivity index (χ1n) is 7.20. The summed E-state index contributed by atoms with van der Waals surface area (Å²) in [6.45, 7) is 1.09. The van der Waals surface area contributed by atoms with E-state index in [1.165, 1.54) is 24.0 Å². The van der Waals surface area contributed by atoms with Crippen molar-refractivity contribution in [2.24, 2.45) is 5.73 Å². The number of aromatic nitrogens is 1. The van der Waals surface area contributed by atoms with Crippen molar-refractivity contribution in [1.82, 2.24) is 4.98 Å². The Labute approximate surface area is 119 Å². The number of rotatable bonds is 4. The van der Waals surface area contributed by atoms with Crippen LogP contribution in [0.4, 0.5) is 0 Å². The summed E-state index contributed by atoms with van der Waals surface area (Å²) < 4.78 is 6.08. The fraction of sp³-hybridized carbons (Fsp3) is 0.353. The van der Waals surface area contributed by atoms with Crippen LogP contribution in [0.2, 0.25) is 0 Å². The number of fused-ring (bicyclic) bond motifs is 1. The van der Waals surface area contributed by atoms with Crippen molar-refractivity contribution < 1.29 is 4.74 Å². The molecule has 20 heavy (non-hydrogen) atoms. The highest BCUT2D eigenvalue weighted by Gasteiger charge is 2.20. The molecular weight excluding hydrogens is 248 g/mol. The van der Waals surface area contributed by atoms with E-state index in [1.54, 1.807) is 0 Å². The van der Waals surface area contributed by atoms with Gasteiger partial charge in [0, 0.05) is 12.7 Å². The molecule has 0 spiro atoms. The van der Waals surface area contributed by atoms with Crippen LogP contribution in [0.25, 0.3) is 0 Å². The molecule has 0 bridgehead atoms. The van der Waals surface area contributed by atoms with Crippen LogP contribution >= 0.6 is 0 Å². The molecule has 3 heteroatoms. The largest absolute Gasteiger partial charge is 0.367 e. The summed E-state index contributed by atoms with van der Waals surface area (Å²) in [6, 6.07) is 12.6. The van der Waals surface area contributed by atoms with Gasteiger partial charge in [-0.1, -0.05) is 30.3 Å². The van der Waals surface area contributed by atoms with Gasteiger partial charge in [0.25, 0.3) is 0 Å². The molecule has 1 heterocycles. The number of pyridine rings is 1. The van der Waals surface area contributed by atoms with Crippen molar-refractivity contribution in [3.63, 3.8) is 0 Å². The molecule has 1 aliphatic carbocycles. The molecule has 104 valence electrons. The van der Waals surface area contributed by atoms with E-state index in [2.05, 4.69) is 29.2 Å². The zero-order valence-corrected chi connectivity index (χ0v) is 11.6. The predicted octanol–water partition coefficient (Wildman–Crippen LogP) is 3.13. The van der Waals surface area contributed by atoms with Gasteiger partial charge in [0.1, 0.15) is 0 Å². The minimum Gasteiger partial charge on any atom is -0.367 e. The van der Waals surface area contributed by atoms with Gasteiger partial charge in [-0.05, 0) is 42.0 Å². The lowest BCUT2D eigenvalue weighted by molar-refractivity contribution is 0.0265. The maximum absolute atomic E-state index is 6.08. The van der Waals surface area contributed by atoms with Gasteiger partial charge in [-0.25, -0.2) is 0 Å². The highest BCUT2D eigenvalue weighted by molar-refractivity contribution is 5.31. The molecule has 3 nitrogen and oxygen atoms in total. The first-order chi connectivity index (χ1) is 9.86. The molecule has 1 aliphatic rings. The van der Waals surface area contributed by atoms with Crippen LogP contribution in [0.5, 0.6) is 0 Å². The third-order valence-electron chi connectivity index (χ3n) is 3.87. The van der Waals surface area contributed by atoms with Crippen LogP contribution in [0.3, 0.4) is 0 Å². The topological polar surface area (TPSA) is 48.1 Å². The lowest BCUT2D eigenvalue weighted by Crippen LogP contribution is -2.13. The second-order valence-corrected chi connectivity index (χ2v) is 5.25. The predicted molar refractivity (Wildman–Crippen MR) is 79.0 cm³/mol. The van der Waals surface area contributed by atoms with Crippen molar-refractivity contribution in [3.05, 3.63) is 65.0 Å². The monoisotopic (exact) mass is 268 g/mol. The zero-order valence-electron chi connectivity index (χ0n) is 11.6. The van der Waals surface area contributed by atoms with E-state index in [9.17, 15) is 0 Å². The summed E-state index contributed by atoms with van der Waals surface area (Å²) in [6.07, 6.45) is 5.49. The third-order valence-corrected chi connectivity index (χ3v) is 3.87. The molecular formula is C17H20N2O. The van der Waals surface area contributed by atoms with E-state index in [4.69, 9.17) is 10.5 Å².